The van der Waals surface area contributed by atoms with Crippen LogP contribution in [0.3, 0.4) is 0 Å². The van der Waals surface area contributed by atoms with Gasteiger partial charge in [0, 0.05) is 11.2 Å². The first-order valence-corrected chi connectivity index (χ1v) is 4.44. The third-order valence-corrected chi connectivity index (χ3v) is 2.45. The molecule has 0 atom stereocenters. The maximum Gasteiger partial charge on any atom is 0.0853 e. The topological polar surface area (TPSA) is 33.1 Å². The molecular weight excluding hydrogens is 174 g/mol. The van der Waals surface area contributed by atoms with Crippen LogP contribution in [0, 0.1) is 0 Å². The van der Waals surface area contributed by atoms with Crippen molar-refractivity contribution in [3.63, 3.8) is 0 Å². The molecule has 64 valence electrons. The third-order valence-electron chi connectivity index (χ3n) is 2.12. The number of hydrogen-bond acceptors (Lipinski definition) is 2. The molecule has 1 aromatic rings. The van der Waals surface area contributed by atoms with Gasteiger partial charge in [0.1, 0.15) is 0 Å². The summed E-state index contributed by atoms with van der Waals surface area (Å²) in [5.74, 6) is 0.623. The number of nitrogens with zero attached hydrogens (tertiary/aromatic N) is 1. The molecule has 1 N–H and O–H groups in total. The van der Waals surface area contributed by atoms with E-state index in [1.54, 1.807) is 12.3 Å². The minimum Gasteiger partial charge on any atom is -0.390 e. The van der Waals surface area contributed by atoms with E-state index >= 15 is 0 Å². The standard InChI is InChI=1S/C9H10ClNO/c10-9-3-7(5-12)11-4-8(9)6-1-2-6/h3-4,6,12H,1-2,5H2. The van der Waals surface area contributed by atoms with Crippen LogP contribution < -0.4 is 0 Å². The molecule has 1 saturated carbocycles. The van der Waals surface area contributed by atoms with Crippen LogP contribution in [-0.2, 0) is 6.61 Å². The van der Waals surface area contributed by atoms with Gasteiger partial charge in [-0.3, -0.25) is 4.98 Å². The van der Waals surface area contributed by atoms with Gasteiger partial charge in [0.05, 0.1) is 12.3 Å². The molecule has 1 aromatic heterocycles. The molecule has 0 spiro atoms. The molecule has 0 aromatic carbocycles. The summed E-state index contributed by atoms with van der Waals surface area (Å²) in [4.78, 5) is 4.08. The van der Waals surface area contributed by atoms with Crippen molar-refractivity contribution < 1.29 is 5.11 Å². The number of hydrogen-bond donors (Lipinski definition) is 1. The highest BCUT2D eigenvalue weighted by Crippen LogP contribution is 2.42. The highest BCUT2D eigenvalue weighted by molar-refractivity contribution is 6.31. The Balaban J connectivity index is 2.32. The lowest BCUT2D eigenvalue weighted by molar-refractivity contribution is 0.277. The largest absolute Gasteiger partial charge is 0.390 e. The van der Waals surface area contributed by atoms with Gasteiger partial charge in [-0.1, -0.05) is 11.6 Å². The van der Waals surface area contributed by atoms with Gasteiger partial charge in [0.25, 0.3) is 0 Å². The molecule has 2 nitrogen and oxygen atoms in total. The number of aliphatic hydroxyl groups excluding tert-OH is 1. The van der Waals surface area contributed by atoms with Gasteiger partial charge in [-0.2, -0.15) is 0 Å². The molecule has 0 bridgehead atoms. The number of rotatable bonds is 2. The van der Waals surface area contributed by atoms with E-state index in [4.69, 9.17) is 16.7 Å². The summed E-state index contributed by atoms with van der Waals surface area (Å²) in [7, 11) is 0. The van der Waals surface area contributed by atoms with E-state index in [0.29, 0.717) is 11.6 Å². The molecule has 0 radical (unpaired) electrons. The second-order valence-corrected chi connectivity index (χ2v) is 3.54. The molecule has 0 amide bonds. The highest BCUT2D eigenvalue weighted by Gasteiger charge is 2.25. The number of halogens is 1. The van der Waals surface area contributed by atoms with Crippen molar-refractivity contribution in [1.82, 2.24) is 4.98 Å². The summed E-state index contributed by atoms with van der Waals surface area (Å²) in [6, 6.07) is 1.75. The average molecular weight is 184 g/mol. The summed E-state index contributed by atoms with van der Waals surface area (Å²) in [6.07, 6.45) is 4.23. The summed E-state index contributed by atoms with van der Waals surface area (Å²) < 4.78 is 0. The van der Waals surface area contributed by atoms with E-state index in [0.717, 1.165) is 10.6 Å². The van der Waals surface area contributed by atoms with E-state index in [9.17, 15) is 0 Å². The average Bonchev–Trinajstić information content (AvgIpc) is 2.87. The monoisotopic (exact) mass is 183 g/mol. The van der Waals surface area contributed by atoms with Gasteiger partial charge >= 0.3 is 0 Å². The second kappa shape index (κ2) is 3.04. The summed E-state index contributed by atoms with van der Waals surface area (Å²) >= 11 is 5.99. The number of pyridine rings is 1. The molecule has 2 rings (SSSR count). The molecule has 1 heterocycles. The van der Waals surface area contributed by atoms with E-state index < -0.39 is 0 Å². The first-order valence-electron chi connectivity index (χ1n) is 4.06. The normalized spacial score (nSPS) is 16.5. The molecule has 0 saturated heterocycles. The van der Waals surface area contributed by atoms with Crippen molar-refractivity contribution in [2.45, 2.75) is 25.4 Å². The summed E-state index contributed by atoms with van der Waals surface area (Å²) in [5, 5.41) is 9.53. The summed E-state index contributed by atoms with van der Waals surface area (Å²) in [5.41, 5.74) is 1.78. The molecule has 0 aliphatic heterocycles. The fourth-order valence-corrected chi connectivity index (χ4v) is 1.59. The molecule has 1 fully saturated rings. The smallest absolute Gasteiger partial charge is 0.0853 e. The van der Waals surface area contributed by atoms with Crippen LogP contribution in [-0.4, -0.2) is 10.1 Å². The van der Waals surface area contributed by atoms with Crippen molar-refractivity contribution in [3.8, 4) is 0 Å². The van der Waals surface area contributed by atoms with Crippen molar-refractivity contribution in [1.29, 1.82) is 0 Å². The lowest BCUT2D eigenvalue weighted by Gasteiger charge is -2.02. The minimum absolute atomic E-state index is 0.0370. The fraction of sp³-hybridized carbons (Fsp3) is 0.444. The van der Waals surface area contributed by atoms with E-state index in [1.165, 1.54) is 12.8 Å². The van der Waals surface area contributed by atoms with Gasteiger partial charge in [0.15, 0.2) is 0 Å². The predicted octanol–water partition coefficient (Wildman–Crippen LogP) is 2.10. The molecule has 0 unspecified atom stereocenters. The highest BCUT2D eigenvalue weighted by atomic mass is 35.5. The Morgan fingerprint density at radius 3 is 2.83 bits per heavy atom. The number of aliphatic hydroxyl groups is 1. The van der Waals surface area contributed by atoms with Gasteiger partial charge in [-0.15, -0.1) is 0 Å². The Kier molecular flexibility index (Phi) is 2.03. The Hall–Kier alpha value is -0.600. The molecule has 12 heavy (non-hydrogen) atoms. The molecule has 1 aliphatic carbocycles. The van der Waals surface area contributed by atoms with Gasteiger partial charge in [-0.25, -0.2) is 0 Å². The first kappa shape index (κ1) is 8.02. The van der Waals surface area contributed by atoms with Crippen LogP contribution in [0.5, 0.6) is 0 Å². The lowest BCUT2D eigenvalue weighted by atomic mass is 10.2. The van der Waals surface area contributed by atoms with Crippen molar-refractivity contribution in [2.75, 3.05) is 0 Å². The Morgan fingerprint density at radius 1 is 1.58 bits per heavy atom. The van der Waals surface area contributed by atoms with Crippen LogP contribution in [0.4, 0.5) is 0 Å². The van der Waals surface area contributed by atoms with Crippen molar-refractivity contribution in [2.24, 2.45) is 0 Å². The Bertz CT molecular complexity index is 297. The fourth-order valence-electron chi connectivity index (χ4n) is 1.26. The lowest BCUT2D eigenvalue weighted by Crippen LogP contribution is -1.91. The van der Waals surface area contributed by atoms with Crippen LogP contribution in [0.1, 0.15) is 30.0 Å². The third kappa shape index (κ3) is 1.45. The zero-order chi connectivity index (χ0) is 8.55. The molecule has 3 heteroatoms. The maximum atomic E-state index is 8.79. The maximum absolute atomic E-state index is 8.79. The van der Waals surface area contributed by atoms with Gasteiger partial charge in [-0.05, 0) is 30.4 Å². The molecule has 1 aliphatic rings. The van der Waals surface area contributed by atoms with Crippen LogP contribution in [0.25, 0.3) is 0 Å². The van der Waals surface area contributed by atoms with Crippen molar-refractivity contribution in [3.05, 3.63) is 28.5 Å². The van der Waals surface area contributed by atoms with E-state index in [1.807, 2.05) is 0 Å². The second-order valence-electron chi connectivity index (χ2n) is 3.13. The van der Waals surface area contributed by atoms with E-state index in [2.05, 4.69) is 4.98 Å². The van der Waals surface area contributed by atoms with Gasteiger partial charge < -0.3 is 5.11 Å². The van der Waals surface area contributed by atoms with E-state index in [-0.39, 0.29) is 6.61 Å². The quantitative estimate of drug-likeness (QED) is 0.762. The van der Waals surface area contributed by atoms with Crippen LogP contribution >= 0.6 is 11.6 Å². The molecular formula is C9H10ClNO. The van der Waals surface area contributed by atoms with Crippen LogP contribution in [0.15, 0.2) is 12.3 Å². The van der Waals surface area contributed by atoms with Crippen LogP contribution in [0.2, 0.25) is 5.02 Å². The Labute approximate surface area is 76.2 Å². The minimum atomic E-state index is -0.0370. The zero-order valence-electron chi connectivity index (χ0n) is 6.63. The summed E-state index contributed by atoms with van der Waals surface area (Å²) in [6.45, 7) is -0.0370. The number of aromatic nitrogens is 1. The van der Waals surface area contributed by atoms with Crippen molar-refractivity contribution >= 4 is 11.6 Å². The SMILES string of the molecule is OCc1cc(Cl)c(C2CC2)cn1. The van der Waals surface area contributed by atoms with Gasteiger partial charge in [0.2, 0.25) is 0 Å². The zero-order valence-corrected chi connectivity index (χ0v) is 7.38. The first-order chi connectivity index (χ1) is 5.81. The predicted molar refractivity (Wildman–Crippen MR) is 47.1 cm³/mol. The Morgan fingerprint density at radius 2 is 2.33 bits per heavy atom.